The first-order chi connectivity index (χ1) is 8.69. The van der Waals surface area contributed by atoms with Gasteiger partial charge in [-0.15, -0.1) is 0 Å². The molecule has 1 fully saturated rings. The maximum Gasteiger partial charge on any atom is 0.125 e. The number of halogens is 1. The van der Waals surface area contributed by atoms with Gasteiger partial charge in [-0.05, 0) is 36.6 Å². The summed E-state index contributed by atoms with van der Waals surface area (Å²) in [7, 11) is 0. The van der Waals surface area contributed by atoms with Gasteiger partial charge in [-0.25, -0.2) is 4.39 Å². The van der Waals surface area contributed by atoms with Gasteiger partial charge in [0, 0.05) is 24.8 Å². The van der Waals surface area contributed by atoms with Crippen LogP contribution in [-0.2, 0) is 6.54 Å². The van der Waals surface area contributed by atoms with Crippen LogP contribution in [0.3, 0.4) is 0 Å². The van der Waals surface area contributed by atoms with Crippen molar-refractivity contribution in [2.45, 2.75) is 38.3 Å². The molecule has 4 heteroatoms. The van der Waals surface area contributed by atoms with E-state index in [1.807, 2.05) is 6.07 Å². The van der Waals surface area contributed by atoms with Crippen LogP contribution in [-0.4, -0.2) is 29.2 Å². The van der Waals surface area contributed by atoms with Gasteiger partial charge in [-0.3, -0.25) is 4.90 Å². The van der Waals surface area contributed by atoms with Gasteiger partial charge in [-0.1, -0.05) is 12.8 Å². The van der Waals surface area contributed by atoms with Crippen molar-refractivity contribution < 1.29 is 9.50 Å². The Labute approximate surface area is 107 Å². The highest BCUT2D eigenvalue weighted by atomic mass is 19.1. The summed E-state index contributed by atoms with van der Waals surface area (Å²) in [6.45, 7) is 1.44. The molecule has 0 radical (unpaired) electrons. The van der Waals surface area contributed by atoms with Crippen molar-refractivity contribution in [2.24, 2.45) is 0 Å². The molecule has 0 heterocycles. The van der Waals surface area contributed by atoms with Crippen LogP contribution in [0.25, 0.3) is 0 Å². The molecule has 0 amide bonds. The Bertz CT molecular complexity index is 371. The molecule has 0 bridgehead atoms. The summed E-state index contributed by atoms with van der Waals surface area (Å²) in [5, 5.41) is 9.14. The zero-order chi connectivity index (χ0) is 13.0. The Morgan fingerprint density at radius 2 is 2.00 bits per heavy atom. The molecule has 1 aromatic rings. The third kappa shape index (κ3) is 3.43. The van der Waals surface area contributed by atoms with E-state index in [1.54, 1.807) is 0 Å². The van der Waals surface area contributed by atoms with E-state index in [1.165, 1.54) is 37.8 Å². The van der Waals surface area contributed by atoms with Crippen LogP contribution in [0.5, 0.6) is 0 Å². The van der Waals surface area contributed by atoms with Crippen molar-refractivity contribution in [3.8, 4) is 0 Å². The molecule has 0 aromatic heterocycles. The number of hydrogen-bond donors (Lipinski definition) is 2. The van der Waals surface area contributed by atoms with Crippen LogP contribution in [0, 0.1) is 5.82 Å². The standard InChI is InChI=1S/C14H21FN2O/c15-12-7-11(8-13(16)9-12)10-17(5-6-18)14-3-1-2-4-14/h7-9,14,18H,1-6,10,16H2. The van der Waals surface area contributed by atoms with Gasteiger partial charge in [0.15, 0.2) is 0 Å². The number of benzene rings is 1. The molecule has 0 atom stereocenters. The Balaban J connectivity index is 2.07. The average molecular weight is 252 g/mol. The predicted molar refractivity (Wildman–Crippen MR) is 70.6 cm³/mol. The number of aliphatic hydroxyl groups excluding tert-OH is 1. The van der Waals surface area contributed by atoms with Crippen LogP contribution >= 0.6 is 0 Å². The number of nitrogens with two attached hydrogens (primary N) is 1. The smallest absolute Gasteiger partial charge is 0.125 e. The highest BCUT2D eigenvalue weighted by Crippen LogP contribution is 2.25. The topological polar surface area (TPSA) is 49.5 Å². The number of aliphatic hydroxyl groups is 1. The van der Waals surface area contributed by atoms with Crippen LogP contribution < -0.4 is 5.73 Å². The molecule has 2 rings (SSSR count). The minimum absolute atomic E-state index is 0.140. The minimum atomic E-state index is -0.291. The fraction of sp³-hybridized carbons (Fsp3) is 0.571. The van der Waals surface area contributed by atoms with E-state index in [2.05, 4.69) is 4.90 Å². The molecular formula is C14H21FN2O. The van der Waals surface area contributed by atoms with Gasteiger partial charge < -0.3 is 10.8 Å². The van der Waals surface area contributed by atoms with Gasteiger partial charge in [0.25, 0.3) is 0 Å². The molecule has 18 heavy (non-hydrogen) atoms. The SMILES string of the molecule is Nc1cc(F)cc(CN(CCO)C2CCCC2)c1. The fourth-order valence-electron chi connectivity index (χ4n) is 2.79. The molecule has 1 aliphatic rings. The molecule has 0 aliphatic heterocycles. The maximum absolute atomic E-state index is 13.3. The Hall–Kier alpha value is -1.13. The molecule has 1 aromatic carbocycles. The minimum Gasteiger partial charge on any atom is -0.399 e. The highest BCUT2D eigenvalue weighted by molar-refractivity contribution is 5.41. The molecule has 1 aliphatic carbocycles. The van der Waals surface area contributed by atoms with Crippen molar-refractivity contribution in [3.05, 3.63) is 29.6 Å². The van der Waals surface area contributed by atoms with Crippen molar-refractivity contribution in [1.29, 1.82) is 0 Å². The van der Waals surface area contributed by atoms with Crippen molar-refractivity contribution in [3.63, 3.8) is 0 Å². The zero-order valence-corrected chi connectivity index (χ0v) is 10.6. The lowest BCUT2D eigenvalue weighted by molar-refractivity contribution is 0.144. The number of anilines is 1. The Morgan fingerprint density at radius 3 is 2.61 bits per heavy atom. The van der Waals surface area contributed by atoms with E-state index >= 15 is 0 Å². The van der Waals surface area contributed by atoms with Crippen LogP contribution in [0.1, 0.15) is 31.2 Å². The second-order valence-electron chi connectivity index (χ2n) is 5.03. The lowest BCUT2D eigenvalue weighted by Gasteiger charge is -2.28. The normalized spacial score (nSPS) is 16.6. The third-order valence-electron chi connectivity index (χ3n) is 3.59. The number of nitrogens with zero attached hydrogens (tertiary/aromatic N) is 1. The van der Waals surface area contributed by atoms with E-state index in [0.29, 0.717) is 24.8 Å². The number of hydrogen-bond acceptors (Lipinski definition) is 3. The summed E-state index contributed by atoms with van der Waals surface area (Å²) in [4.78, 5) is 2.24. The number of nitrogen functional groups attached to an aromatic ring is 1. The van der Waals surface area contributed by atoms with E-state index in [9.17, 15) is 4.39 Å². The van der Waals surface area contributed by atoms with Gasteiger partial charge in [0.05, 0.1) is 6.61 Å². The van der Waals surface area contributed by atoms with Crippen molar-refractivity contribution in [2.75, 3.05) is 18.9 Å². The van der Waals surface area contributed by atoms with Crippen LogP contribution in [0.4, 0.5) is 10.1 Å². The van der Waals surface area contributed by atoms with E-state index < -0.39 is 0 Å². The molecular weight excluding hydrogens is 231 g/mol. The monoisotopic (exact) mass is 252 g/mol. The molecule has 0 spiro atoms. The van der Waals surface area contributed by atoms with Crippen LogP contribution in [0.15, 0.2) is 18.2 Å². The fourth-order valence-corrected chi connectivity index (χ4v) is 2.79. The molecule has 0 unspecified atom stereocenters. The van der Waals surface area contributed by atoms with E-state index in [0.717, 1.165) is 5.56 Å². The second-order valence-corrected chi connectivity index (χ2v) is 5.03. The van der Waals surface area contributed by atoms with Gasteiger partial charge >= 0.3 is 0 Å². The first kappa shape index (κ1) is 13.3. The van der Waals surface area contributed by atoms with Gasteiger partial charge in [0.2, 0.25) is 0 Å². The Kier molecular flexibility index (Phi) is 4.55. The molecule has 100 valence electrons. The van der Waals surface area contributed by atoms with Crippen molar-refractivity contribution in [1.82, 2.24) is 4.90 Å². The maximum atomic E-state index is 13.3. The molecule has 1 saturated carbocycles. The Morgan fingerprint density at radius 1 is 1.28 bits per heavy atom. The zero-order valence-electron chi connectivity index (χ0n) is 10.6. The van der Waals surface area contributed by atoms with E-state index in [-0.39, 0.29) is 12.4 Å². The second kappa shape index (κ2) is 6.16. The molecule has 3 N–H and O–H groups in total. The quantitative estimate of drug-likeness (QED) is 0.789. The van der Waals surface area contributed by atoms with Crippen molar-refractivity contribution >= 4 is 5.69 Å². The average Bonchev–Trinajstić information content (AvgIpc) is 2.80. The summed E-state index contributed by atoms with van der Waals surface area (Å²) in [6.07, 6.45) is 4.84. The van der Waals surface area contributed by atoms with E-state index in [4.69, 9.17) is 10.8 Å². The lowest BCUT2D eigenvalue weighted by atomic mass is 10.1. The first-order valence-electron chi connectivity index (χ1n) is 6.59. The summed E-state index contributed by atoms with van der Waals surface area (Å²) in [5.41, 5.74) is 7.00. The summed E-state index contributed by atoms with van der Waals surface area (Å²) in [5.74, 6) is -0.291. The van der Waals surface area contributed by atoms with Gasteiger partial charge in [-0.2, -0.15) is 0 Å². The lowest BCUT2D eigenvalue weighted by Crippen LogP contribution is -2.35. The summed E-state index contributed by atoms with van der Waals surface area (Å²) in [6, 6.07) is 5.18. The van der Waals surface area contributed by atoms with Crippen LogP contribution in [0.2, 0.25) is 0 Å². The largest absolute Gasteiger partial charge is 0.399 e. The summed E-state index contributed by atoms with van der Waals surface area (Å²) < 4.78 is 13.3. The summed E-state index contributed by atoms with van der Waals surface area (Å²) >= 11 is 0. The predicted octanol–water partition coefficient (Wildman–Crippen LogP) is 2.14. The van der Waals surface area contributed by atoms with Gasteiger partial charge in [0.1, 0.15) is 5.82 Å². The molecule has 0 saturated heterocycles. The third-order valence-corrected chi connectivity index (χ3v) is 3.59. The highest BCUT2D eigenvalue weighted by Gasteiger charge is 2.22. The first-order valence-corrected chi connectivity index (χ1v) is 6.59. The molecule has 3 nitrogen and oxygen atoms in total. The number of rotatable bonds is 5.